The summed E-state index contributed by atoms with van der Waals surface area (Å²) in [7, 11) is 0. The van der Waals surface area contributed by atoms with Gasteiger partial charge in [-0.25, -0.2) is 0 Å². The number of anilines is 6. The molecule has 1 saturated carbocycles. The van der Waals surface area contributed by atoms with E-state index in [9.17, 15) is 0 Å². The maximum absolute atomic E-state index is 2.44. The molecule has 7 aromatic carbocycles. The van der Waals surface area contributed by atoms with Crippen LogP contribution in [0.15, 0.2) is 182 Å². The van der Waals surface area contributed by atoms with E-state index in [-0.39, 0.29) is 5.41 Å². The van der Waals surface area contributed by atoms with Crippen LogP contribution in [0.25, 0.3) is 20.2 Å². The van der Waals surface area contributed by atoms with Gasteiger partial charge in [0.2, 0.25) is 0 Å². The van der Waals surface area contributed by atoms with Gasteiger partial charge in [-0.2, -0.15) is 0 Å². The maximum atomic E-state index is 2.44. The summed E-state index contributed by atoms with van der Waals surface area (Å²) in [5.74, 6) is 0. The van der Waals surface area contributed by atoms with Gasteiger partial charge in [0.1, 0.15) is 0 Å². The Morgan fingerprint density at radius 2 is 0.824 bits per heavy atom. The van der Waals surface area contributed by atoms with Gasteiger partial charge in [-0.1, -0.05) is 128 Å². The quantitative estimate of drug-likeness (QED) is 0.158. The number of fused-ring (bicyclic) bond motifs is 3. The second-order valence-electron chi connectivity index (χ2n) is 13.7. The Kier molecular flexibility index (Phi) is 8.35. The molecule has 248 valence electrons. The molecule has 0 unspecified atom stereocenters. The minimum atomic E-state index is -0.0112. The van der Waals surface area contributed by atoms with Crippen LogP contribution in [0.3, 0.4) is 0 Å². The van der Waals surface area contributed by atoms with E-state index in [1.54, 1.807) is 0 Å². The van der Waals surface area contributed by atoms with Gasteiger partial charge in [0.15, 0.2) is 0 Å². The Morgan fingerprint density at radius 1 is 0.373 bits per heavy atom. The van der Waals surface area contributed by atoms with Gasteiger partial charge in [0.25, 0.3) is 0 Å². The summed E-state index contributed by atoms with van der Waals surface area (Å²) >= 11 is 1.88. The highest BCUT2D eigenvalue weighted by Crippen LogP contribution is 2.48. The molecule has 0 saturated heterocycles. The van der Waals surface area contributed by atoms with Crippen molar-refractivity contribution in [3.8, 4) is 0 Å². The Bertz CT molecular complexity index is 2340. The summed E-state index contributed by atoms with van der Waals surface area (Å²) in [6, 6.07) is 66.7. The molecule has 0 spiro atoms. The molecule has 1 fully saturated rings. The summed E-state index contributed by atoms with van der Waals surface area (Å²) in [4.78, 5) is 4.78. The molecule has 0 radical (unpaired) electrons. The second kappa shape index (κ2) is 13.6. The summed E-state index contributed by atoms with van der Waals surface area (Å²) in [6.45, 7) is 0. The van der Waals surface area contributed by atoms with Crippen LogP contribution in [0.5, 0.6) is 0 Å². The van der Waals surface area contributed by atoms with E-state index in [1.165, 1.54) is 73.3 Å². The van der Waals surface area contributed by atoms with Crippen LogP contribution in [0.4, 0.5) is 34.1 Å². The van der Waals surface area contributed by atoms with E-state index in [0.29, 0.717) is 0 Å². The van der Waals surface area contributed by atoms with Crippen molar-refractivity contribution in [1.29, 1.82) is 0 Å². The summed E-state index contributed by atoms with van der Waals surface area (Å²) in [5.41, 5.74) is 9.87. The summed E-state index contributed by atoms with van der Waals surface area (Å²) < 4.78 is 2.64. The fourth-order valence-corrected chi connectivity index (χ4v) is 9.48. The van der Waals surface area contributed by atoms with Gasteiger partial charge in [-0.15, -0.1) is 11.3 Å². The monoisotopic (exact) mass is 676 g/mol. The molecule has 0 bridgehead atoms. The van der Waals surface area contributed by atoms with Gasteiger partial charge in [0, 0.05) is 49.3 Å². The minimum Gasteiger partial charge on any atom is -0.311 e. The van der Waals surface area contributed by atoms with Crippen LogP contribution in [-0.4, -0.2) is 0 Å². The van der Waals surface area contributed by atoms with E-state index >= 15 is 0 Å². The highest BCUT2D eigenvalue weighted by atomic mass is 32.1. The SMILES string of the molecule is c1ccc(N(c2ccccc2)c2ccc(C3(c4ccc(N(c5ccccc5)c5cccc6c5sc5ccccc56)cc4)CCCCC3)cc2)cc1. The molecule has 1 aromatic heterocycles. The van der Waals surface area contributed by atoms with E-state index in [0.717, 1.165) is 24.2 Å². The Hall–Kier alpha value is -5.64. The first kappa shape index (κ1) is 31.3. The molecule has 0 N–H and O–H groups in total. The number of rotatable bonds is 8. The lowest BCUT2D eigenvalue weighted by molar-refractivity contribution is 0.346. The van der Waals surface area contributed by atoms with Gasteiger partial charge < -0.3 is 9.80 Å². The van der Waals surface area contributed by atoms with Gasteiger partial charge in [-0.3, -0.25) is 0 Å². The minimum absolute atomic E-state index is 0.0112. The van der Waals surface area contributed by atoms with Crippen molar-refractivity contribution in [3.63, 3.8) is 0 Å². The first-order chi connectivity index (χ1) is 25.3. The molecule has 9 rings (SSSR count). The molecule has 0 aliphatic heterocycles. The van der Waals surface area contributed by atoms with Crippen molar-refractivity contribution >= 4 is 65.6 Å². The molecule has 1 aliphatic carbocycles. The predicted molar refractivity (Wildman–Crippen MR) is 219 cm³/mol. The van der Waals surface area contributed by atoms with E-state index in [2.05, 4.69) is 192 Å². The maximum Gasteiger partial charge on any atom is 0.0640 e. The first-order valence-corrected chi connectivity index (χ1v) is 19.0. The lowest BCUT2D eigenvalue weighted by Gasteiger charge is -2.39. The van der Waals surface area contributed by atoms with E-state index < -0.39 is 0 Å². The van der Waals surface area contributed by atoms with Crippen molar-refractivity contribution < 1.29 is 0 Å². The van der Waals surface area contributed by atoms with Crippen molar-refractivity contribution in [3.05, 3.63) is 193 Å². The average molecular weight is 677 g/mol. The molecule has 1 aliphatic rings. The van der Waals surface area contributed by atoms with Gasteiger partial charge in [0.05, 0.1) is 10.4 Å². The fourth-order valence-electron chi connectivity index (χ4n) is 8.27. The molecule has 0 atom stereocenters. The van der Waals surface area contributed by atoms with Crippen molar-refractivity contribution in [1.82, 2.24) is 0 Å². The normalized spacial score (nSPS) is 14.0. The van der Waals surface area contributed by atoms with Gasteiger partial charge in [-0.05, 0) is 96.8 Å². The third-order valence-corrected chi connectivity index (χ3v) is 11.9. The third kappa shape index (κ3) is 5.78. The van der Waals surface area contributed by atoms with Gasteiger partial charge >= 0.3 is 0 Å². The molecule has 0 amide bonds. The van der Waals surface area contributed by atoms with Crippen LogP contribution in [0.1, 0.15) is 43.2 Å². The summed E-state index contributed by atoms with van der Waals surface area (Å²) in [5, 5.41) is 2.64. The molecular formula is C48H40N2S. The zero-order valence-corrected chi connectivity index (χ0v) is 29.5. The largest absolute Gasteiger partial charge is 0.311 e. The summed E-state index contributed by atoms with van der Waals surface area (Å²) in [6.07, 6.45) is 6.11. The molecule has 51 heavy (non-hydrogen) atoms. The van der Waals surface area contributed by atoms with E-state index in [1.807, 2.05) is 11.3 Å². The van der Waals surface area contributed by atoms with Crippen LogP contribution in [0.2, 0.25) is 0 Å². The van der Waals surface area contributed by atoms with Crippen molar-refractivity contribution in [2.75, 3.05) is 9.80 Å². The van der Waals surface area contributed by atoms with Crippen LogP contribution in [-0.2, 0) is 5.41 Å². The number of hydrogen-bond acceptors (Lipinski definition) is 3. The molecule has 8 aromatic rings. The number of hydrogen-bond donors (Lipinski definition) is 0. The molecule has 3 heteroatoms. The number of thiophene rings is 1. The van der Waals surface area contributed by atoms with Crippen molar-refractivity contribution in [2.45, 2.75) is 37.5 Å². The highest BCUT2D eigenvalue weighted by molar-refractivity contribution is 7.26. The zero-order chi connectivity index (χ0) is 34.0. The molecule has 2 nitrogen and oxygen atoms in total. The third-order valence-electron chi connectivity index (χ3n) is 10.7. The second-order valence-corrected chi connectivity index (χ2v) is 14.7. The number of benzene rings is 7. The smallest absolute Gasteiger partial charge is 0.0640 e. The topological polar surface area (TPSA) is 6.48 Å². The van der Waals surface area contributed by atoms with Crippen LogP contribution < -0.4 is 9.80 Å². The molecular weight excluding hydrogens is 637 g/mol. The Morgan fingerprint density at radius 3 is 1.39 bits per heavy atom. The van der Waals surface area contributed by atoms with Crippen LogP contribution in [0, 0.1) is 0 Å². The first-order valence-electron chi connectivity index (χ1n) is 18.2. The lowest BCUT2D eigenvalue weighted by atomic mass is 9.65. The number of nitrogens with zero attached hydrogens (tertiary/aromatic N) is 2. The fraction of sp³-hybridized carbons (Fsp3) is 0.125. The highest BCUT2D eigenvalue weighted by Gasteiger charge is 2.36. The molecule has 1 heterocycles. The number of para-hydroxylation sites is 3. The lowest BCUT2D eigenvalue weighted by Crippen LogP contribution is -2.30. The standard InChI is InChI=1S/C48H40N2S/c1-5-16-38(17-6-1)49(39-18-7-2-8-19-39)41-30-26-36(27-31-41)48(34-13-4-14-35-48)37-28-32-42(33-29-37)50(40-20-9-3-10-21-40)45-24-15-23-44-43-22-11-12-25-46(43)51-47(44)45/h1-3,5-12,15-33H,4,13-14,34-35H2. The predicted octanol–water partition coefficient (Wildman–Crippen LogP) is 14.2. The van der Waals surface area contributed by atoms with E-state index in [4.69, 9.17) is 0 Å². The van der Waals surface area contributed by atoms with Crippen LogP contribution >= 0.6 is 11.3 Å². The zero-order valence-electron chi connectivity index (χ0n) is 28.7. The Labute approximate surface area is 304 Å². The average Bonchev–Trinajstić information content (AvgIpc) is 3.60. The Balaban J connectivity index is 1.11. The van der Waals surface area contributed by atoms with Crippen molar-refractivity contribution in [2.24, 2.45) is 0 Å².